The van der Waals surface area contributed by atoms with Gasteiger partial charge in [-0.25, -0.2) is 0 Å². The number of H-pyrrole nitrogens is 1. The third kappa shape index (κ3) is 3.61. The van der Waals surface area contributed by atoms with E-state index >= 15 is 0 Å². The van der Waals surface area contributed by atoms with Crippen molar-refractivity contribution < 1.29 is 4.79 Å². The largest absolute Gasteiger partial charge is 0.368 e. The molecule has 3 aliphatic rings. The van der Waals surface area contributed by atoms with Gasteiger partial charge in [-0.2, -0.15) is 0 Å². The second-order valence-electron chi connectivity index (χ2n) is 9.73. The Morgan fingerprint density at radius 2 is 1.79 bits per heavy atom. The summed E-state index contributed by atoms with van der Waals surface area (Å²) in [5.41, 5.74) is 4.86. The predicted octanol–water partition coefficient (Wildman–Crippen LogP) is 4.78. The number of benzene rings is 2. The third-order valence-electron chi connectivity index (χ3n) is 7.93. The summed E-state index contributed by atoms with van der Waals surface area (Å²) in [5.74, 6) is 0.696. The van der Waals surface area contributed by atoms with E-state index in [9.17, 15) is 4.79 Å². The van der Waals surface area contributed by atoms with Crippen LogP contribution < -0.4 is 4.90 Å². The number of carbonyl (C=O) groups excluding carboxylic acids is 1. The fourth-order valence-electron chi connectivity index (χ4n) is 6.26. The smallest absolute Gasteiger partial charge is 0.227 e. The molecule has 3 atom stereocenters. The second-order valence-corrected chi connectivity index (χ2v) is 10.5. The highest BCUT2D eigenvalue weighted by Gasteiger charge is 2.43. The highest BCUT2D eigenvalue weighted by Crippen LogP contribution is 2.46. The second kappa shape index (κ2) is 8.23. The zero-order chi connectivity index (χ0) is 22.7. The number of nitrogens with one attached hydrogen (secondary N) is 1. The van der Waals surface area contributed by atoms with Crippen LogP contribution in [0.3, 0.4) is 0 Å². The molecule has 6 rings (SSSR count). The zero-order valence-electron chi connectivity index (χ0n) is 18.7. The van der Waals surface area contributed by atoms with Gasteiger partial charge in [-0.1, -0.05) is 35.3 Å². The van der Waals surface area contributed by atoms with Crippen LogP contribution >= 0.6 is 23.2 Å². The first-order valence-corrected chi connectivity index (χ1v) is 12.5. The standard InChI is InChI=1S/C26H28Cl2N4O/c1-30-15-16(26(33)32-11-9-31(10-12-32)18-7-5-17(27)6-8-18)13-20-19-3-2-4-22-24(19)21(14-23(20)30)25(28)29-22/h2-8,16,20,23,29H,9-15H2,1H3/t16-,20-,23-/m1/s1. The summed E-state index contributed by atoms with van der Waals surface area (Å²) in [6.07, 6.45) is 1.85. The average Bonchev–Trinajstić information content (AvgIpc) is 3.16. The van der Waals surface area contributed by atoms with Crippen LogP contribution in [0.5, 0.6) is 0 Å². The molecule has 0 spiro atoms. The van der Waals surface area contributed by atoms with Crippen molar-refractivity contribution in [2.45, 2.75) is 24.8 Å². The number of amides is 1. The third-order valence-corrected chi connectivity index (χ3v) is 8.50. The van der Waals surface area contributed by atoms with E-state index in [0.717, 1.165) is 61.3 Å². The van der Waals surface area contributed by atoms with E-state index in [1.165, 1.54) is 22.2 Å². The molecule has 3 aromatic rings. The molecule has 3 heterocycles. The predicted molar refractivity (Wildman–Crippen MR) is 135 cm³/mol. The van der Waals surface area contributed by atoms with Crippen molar-refractivity contribution in [1.82, 2.24) is 14.8 Å². The summed E-state index contributed by atoms with van der Waals surface area (Å²) in [7, 11) is 2.17. The van der Waals surface area contributed by atoms with Gasteiger partial charge < -0.3 is 19.7 Å². The van der Waals surface area contributed by atoms with E-state index in [2.05, 4.69) is 57.1 Å². The Balaban J connectivity index is 1.19. The normalized spacial score (nSPS) is 25.4. The quantitative estimate of drug-likeness (QED) is 0.571. The minimum Gasteiger partial charge on any atom is -0.368 e. The Morgan fingerprint density at radius 3 is 2.55 bits per heavy atom. The van der Waals surface area contributed by atoms with Crippen LogP contribution in [-0.4, -0.2) is 66.5 Å². The maximum atomic E-state index is 13.6. The van der Waals surface area contributed by atoms with Crippen LogP contribution in [0, 0.1) is 5.92 Å². The summed E-state index contributed by atoms with van der Waals surface area (Å²) >= 11 is 12.6. The molecule has 0 unspecified atom stereocenters. The maximum Gasteiger partial charge on any atom is 0.227 e. The summed E-state index contributed by atoms with van der Waals surface area (Å²) in [6.45, 7) is 4.05. The van der Waals surface area contributed by atoms with E-state index in [1.54, 1.807) is 0 Å². The van der Waals surface area contributed by atoms with Gasteiger partial charge in [-0.3, -0.25) is 4.79 Å². The van der Waals surface area contributed by atoms with Crippen molar-refractivity contribution in [3.63, 3.8) is 0 Å². The maximum absolute atomic E-state index is 13.6. The first kappa shape index (κ1) is 21.3. The van der Waals surface area contributed by atoms with Gasteiger partial charge in [0.05, 0.1) is 5.92 Å². The first-order chi connectivity index (χ1) is 16.0. The number of fused-ring (bicyclic) bond motifs is 2. The number of aromatic amines is 1. The van der Waals surface area contributed by atoms with Gasteiger partial charge in [-0.05, 0) is 61.3 Å². The van der Waals surface area contributed by atoms with E-state index in [1.807, 2.05) is 12.1 Å². The van der Waals surface area contributed by atoms with Crippen molar-refractivity contribution in [3.8, 4) is 0 Å². The number of piperidine rings is 1. The molecule has 33 heavy (non-hydrogen) atoms. The number of anilines is 1. The van der Waals surface area contributed by atoms with Gasteiger partial charge in [0.2, 0.25) is 5.91 Å². The lowest BCUT2D eigenvalue weighted by Crippen LogP contribution is -2.55. The molecule has 1 amide bonds. The molecule has 2 saturated heterocycles. The van der Waals surface area contributed by atoms with Crippen molar-refractivity contribution in [3.05, 3.63) is 63.8 Å². The van der Waals surface area contributed by atoms with Crippen LogP contribution in [0.25, 0.3) is 10.9 Å². The highest BCUT2D eigenvalue weighted by atomic mass is 35.5. The molecule has 172 valence electrons. The zero-order valence-corrected chi connectivity index (χ0v) is 20.2. The lowest BCUT2D eigenvalue weighted by atomic mass is 9.72. The molecule has 2 aliphatic heterocycles. The number of likely N-dealkylation sites (N-methyl/N-ethyl adjacent to an activating group) is 1. The van der Waals surface area contributed by atoms with Gasteiger partial charge >= 0.3 is 0 Å². The highest BCUT2D eigenvalue weighted by molar-refractivity contribution is 6.32. The number of hydrogen-bond donors (Lipinski definition) is 1. The molecule has 1 N–H and O–H groups in total. The minimum atomic E-state index is 0.0320. The summed E-state index contributed by atoms with van der Waals surface area (Å²) in [4.78, 5) is 23.7. The van der Waals surface area contributed by atoms with Crippen LogP contribution in [0.4, 0.5) is 5.69 Å². The van der Waals surface area contributed by atoms with Crippen molar-refractivity contribution in [1.29, 1.82) is 0 Å². The monoisotopic (exact) mass is 482 g/mol. The van der Waals surface area contributed by atoms with Crippen molar-refractivity contribution >= 4 is 45.7 Å². The average molecular weight is 483 g/mol. The molecule has 2 fully saturated rings. The number of carbonyl (C=O) groups is 1. The SMILES string of the molecule is CN1C[C@H](C(=O)N2CCN(c3ccc(Cl)cc3)CC2)C[C@@H]2c3cccc4[nH]c(Cl)c(c34)C[C@H]21. The number of hydrogen-bond acceptors (Lipinski definition) is 3. The van der Waals surface area contributed by atoms with E-state index in [0.29, 0.717) is 17.9 Å². The van der Waals surface area contributed by atoms with Crippen LogP contribution in [0.1, 0.15) is 23.5 Å². The number of rotatable bonds is 2. The van der Waals surface area contributed by atoms with E-state index < -0.39 is 0 Å². The molecular weight excluding hydrogens is 455 g/mol. The summed E-state index contributed by atoms with van der Waals surface area (Å²) in [5, 5.41) is 2.79. The number of piperazine rings is 1. The van der Waals surface area contributed by atoms with Gasteiger partial charge in [0.1, 0.15) is 5.15 Å². The lowest BCUT2D eigenvalue weighted by molar-refractivity contribution is -0.138. The number of halogens is 2. The summed E-state index contributed by atoms with van der Waals surface area (Å²) < 4.78 is 0. The molecule has 1 aliphatic carbocycles. The molecule has 5 nitrogen and oxygen atoms in total. The number of nitrogens with zero attached hydrogens (tertiary/aromatic N) is 3. The molecule has 0 radical (unpaired) electrons. The fraction of sp³-hybridized carbons (Fsp3) is 0.423. The van der Waals surface area contributed by atoms with Crippen LogP contribution in [0.15, 0.2) is 42.5 Å². The van der Waals surface area contributed by atoms with E-state index in [4.69, 9.17) is 23.2 Å². The Hall–Kier alpha value is -2.21. The Kier molecular flexibility index (Phi) is 5.32. The Morgan fingerprint density at radius 1 is 1.03 bits per heavy atom. The van der Waals surface area contributed by atoms with Gasteiger partial charge in [0.15, 0.2) is 0 Å². The minimum absolute atomic E-state index is 0.0320. The number of likely N-dealkylation sites (tertiary alicyclic amines) is 1. The molecule has 2 aromatic carbocycles. The van der Waals surface area contributed by atoms with E-state index in [-0.39, 0.29) is 5.92 Å². The van der Waals surface area contributed by atoms with Gasteiger partial charge in [-0.15, -0.1) is 0 Å². The Labute approximate surface area is 204 Å². The molecule has 0 bridgehead atoms. The molecule has 1 aromatic heterocycles. The number of aromatic nitrogens is 1. The van der Waals surface area contributed by atoms with Crippen LogP contribution in [0.2, 0.25) is 10.2 Å². The van der Waals surface area contributed by atoms with Gasteiger partial charge in [0, 0.05) is 66.3 Å². The molecular formula is C26H28Cl2N4O. The Bertz CT molecular complexity index is 1200. The fourth-order valence-corrected chi connectivity index (χ4v) is 6.66. The first-order valence-electron chi connectivity index (χ1n) is 11.8. The summed E-state index contributed by atoms with van der Waals surface area (Å²) in [6, 6.07) is 14.8. The van der Waals surface area contributed by atoms with Gasteiger partial charge in [0.25, 0.3) is 0 Å². The lowest BCUT2D eigenvalue weighted by Gasteiger charge is -2.46. The molecule has 0 saturated carbocycles. The van der Waals surface area contributed by atoms with Crippen LogP contribution in [-0.2, 0) is 11.2 Å². The topological polar surface area (TPSA) is 42.6 Å². The van der Waals surface area contributed by atoms with Crippen molar-refractivity contribution in [2.24, 2.45) is 5.92 Å². The van der Waals surface area contributed by atoms with Crippen molar-refractivity contribution in [2.75, 3.05) is 44.7 Å². The molecule has 7 heteroatoms.